The zero-order valence-corrected chi connectivity index (χ0v) is 22.5. The number of thioether (sulfide) groups is 1. The van der Waals surface area contributed by atoms with Crippen LogP contribution in [0.15, 0.2) is 41.3 Å². The molecule has 0 unspecified atom stereocenters. The molecular formula is C22H17I2NO7S. The van der Waals surface area contributed by atoms with Crippen molar-refractivity contribution >= 4 is 86.1 Å². The normalized spacial score (nSPS) is 15.6. The van der Waals surface area contributed by atoms with Crippen LogP contribution < -0.4 is 4.74 Å². The molecule has 1 fully saturated rings. The van der Waals surface area contributed by atoms with E-state index in [0.717, 1.165) is 29.4 Å². The van der Waals surface area contributed by atoms with Gasteiger partial charge in [-0.15, -0.1) is 0 Å². The molecule has 33 heavy (non-hydrogen) atoms. The number of aromatic carboxylic acids is 1. The first-order valence-corrected chi connectivity index (χ1v) is 12.4. The van der Waals surface area contributed by atoms with Crippen LogP contribution in [0.1, 0.15) is 28.4 Å². The number of amides is 2. The molecule has 1 aliphatic heterocycles. The molecule has 1 saturated heterocycles. The Morgan fingerprint density at radius 2 is 1.76 bits per heavy atom. The summed E-state index contributed by atoms with van der Waals surface area (Å²) in [5, 5.41) is 8.46. The van der Waals surface area contributed by atoms with E-state index in [0.29, 0.717) is 11.3 Å². The number of halogens is 2. The van der Waals surface area contributed by atoms with E-state index in [4.69, 9.17) is 9.84 Å². The molecule has 2 aromatic rings. The molecule has 2 aromatic carbocycles. The zero-order valence-electron chi connectivity index (χ0n) is 17.3. The lowest BCUT2D eigenvalue weighted by Crippen LogP contribution is -2.42. The number of imide groups is 1. The Bertz CT molecular complexity index is 1140. The maximum absolute atomic E-state index is 12.7. The minimum absolute atomic E-state index is 0.206. The van der Waals surface area contributed by atoms with Gasteiger partial charge in [-0.2, -0.15) is 0 Å². The minimum Gasteiger partial charge on any atom is -0.487 e. The first-order chi connectivity index (χ1) is 15.6. The number of carboxylic acids is 1. The van der Waals surface area contributed by atoms with Gasteiger partial charge in [-0.1, -0.05) is 12.1 Å². The zero-order chi connectivity index (χ0) is 24.3. The fourth-order valence-corrected chi connectivity index (χ4v) is 5.98. The molecule has 3 rings (SSSR count). The standard InChI is InChI=1S/C22H17I2NO7S/c1-11(21(29)31-2)25-19(26)17(33-22(25)30)9-13-7-15(23)18(16(24)8-13)32-10-12-3-5-14(6-4-12)20(27)28/h3-9,11H,10H2,1-2H3,(H,27,28)/b17-9+/t11-/m1/s1. The number of hydrogen-bond donors (Lipinski definition) is 1. The quantitative estimate of drug-likeness (QED) is 0.251. The summed E-state index contributed by atoms with van der Waals surface area (Å²) in [7, 11) is 1.20. The molecule has 172 valence electrons. The predicted octanol–water partition coefficient (Wildman–Crippen LogP) is 4.77. The van der Waals surface area contributed by atoms with Crippen LogP contribution in [0.3, 0.4) is 0 Å². The number of ether oxygens (including phenoxy) is 2. The van der Waals surface area contributed by atoms with Crippen LogP contribution >= 0.6 is 56.9 Å². The highest BCUT2D eigenvalue weighted by atomic mass is 127. The van der Waals surface area contributed by atoms with E-state index in [-0.39, 0.29) is 17.1 Å². The predicted molar refractivity (Wildman–Crippen MR) is 139 cm³/mol. The van der Waals surface area contributed by atoms with Crippen LogP contribution in [-0.2, 0) is 20.9 Å². The molecule has 0 aromatic heterocycles. The van der Waals surface area contributed by atoms with E-state index in [9.17, 15) is 19.2 Å². The summed E-state index contributed by atoms with van der Waals surface area (Å²) >= 11 is 5.02. The van der Waals surface area contributed by atoms with Crippen molar-refractivity contribution in [2.24, 2.45) is 0 Å². The first-order valence-electron chi connectivity index (χ1n) is 9.41. The maximum Gasteiger partial charge on any atom is 0.335 e. The third kappa shape index (κ3) is 5.87. The van der Waals surface area contributed by atoms with E-state index < -0.39 is 29.1 Å². The van der Waals surface area contributed by atoms with Gasteiger partial charge in [0.25, 0.3) is 11.1 Å². The van der Waals surface area contributed by atoms with Crippen LogP contribution in [0.2, 0.25) is 0 Å². The number of carbonyl (C=O) groups excluding carboxylic acids is 3. The van der Waals surface area contributed by atoms with Gasteiger partial charge in [0, 0.05) is 0 Å². The largest absolute Gasteiger partial charge is 0.487 e. The van der Waals surface area contributed by atoms with Crippen LogP contribution in [0.4, 0.5) is 4.79 Å². The van der Waals surface area contributed by atoms with Gasteiger partial charge in [-0.3, -0.25) is 14.5 Å². The van der Waals surface area contributed by atoms with Crippen LogP contribution in [0, 0.1) is 7.14 Å². The van der Waals surface area contributed by atoms with Crippen molar-refractivity contribution in [1.82, 2.24) is 4.90 Å². The van der Waals surface area contributed by atoms with E-state index in [1.165, 1.54) is 26.2 Å². The summed E-state index contributed by atoms with van der Waals surface area (Å²) in [6.45, 7) is 1.70. The second kappa shape index (κ2) is 10.9. The number of benzene rings is 2. The topological polar surface area (TPSA) is 110 Å². The van der Waals surface area contributed by atoms with Crippen molar-refractivity contribution in [2.45, 2.75) is 19.6 Å². The number of methoxy groups -OCH3 is 1. The number of rotatable bonds is 7. The number of carbonyl (C=O) groups is 4. The Morgan fingerprint density at radius 3 is 2.30 bits per heavy atom. The molecule has 11 heteroatoms. The van der Waals surface area contributed by atoms with E-state index in [2.05, 4.69) is 49.9 Å². The molecule has 0 saturated carbocycles. The Kier molecular flexibility index (Phi) is 8.39. The Balaban J connectivity index is 1.76. The van der Waals surface area contributed by atoms with E-state index in [1.807, 2.05) is 12.1 Å². The van der Waals surface area contributed by atoms with Crippen molar-refractivity contribution < 1.29 is 33.8 Å². The maximum atomic E-state index is 12.7. The molecule has 1 heterocycles. The van der Waals surface area contributed by atoms with Gasteiger partial charge in [0.2, 0.25) is 0 Å². The first kappa shape index (κ1) is 25.5. The van der Waals surface area contributed by atoms with Gasteiger partial charge in [-0.05, 0) is 105 Å². The van der Waals surface area contributed by atoms with Crippen LogP contribution in [0.25, 0.3) is 6.08 Å². The lowest BCUT2D eigenvalue weighted by atomic mass is 10.1. The summed E-state index contributed by atoms with van der Waals surface area (Å²) in [5.74, 6) is -1.54. The van der Waals surface area contributed by atoms with Crippen molar-refractivity contribution in [3.05, 3.63) is 65.1 Å². The summed E-state index contributed by atoms with van der Waals surface area (Å²) in [5.41, 5.74) is 1.74. The second-order valence-corrected chi connectivity index (χ2v) is 10.2. The third-order valence-corrected chi connectivity index (χ3v) is 7.14. The highest BCUT2D eigenvalue weighted by Crippen LogP contribution is 2.36. The SMILES string of the molecule is COC(=O)[C@@H](C)N1C(=O)S/C(=C/c2cc(I)c(OCc3ccc(C(=O)O)cc3)c(I)c2)C1=O. The summed E-state index contributed by atoms with van der Waals surface area (Å²) in [6, 6.07) is 9.08. The van der Waals surface area contributed by atoms with Gasteiger partial charge >= 0.3 is 11.9 Å². The highest BCUT2D eigenvalue weighted by molar-refractivity contribution is 14.1. The molecule has 0 radical (unpaired) electrons. The summed E-state index contributed by atoms with van der Waals surface area (Å²) in [6.07, 6.45) is 1.60. The second-order valence-electron chi connectivity index (χ2n) is 6.86. The number of carboxylic acid groups (broad SMARTS) is 1. The Hall–Kier alpha value is -2.13. The fourth-order valence-electron chi connectivity index (χ4n) is 2.94. The third-order valence-electron chi connectivity index (χ3n) is 4.66. The van der Waals surface area contributed by atoms with Gasteiger partial charge < -0.3 is 14.6 Å². The molecule has 0 spiro atoms. The number of nitrogens with zero attached hydrogens (tertiary/aromatic N) is 1. The molecule has 0 bridgehead atoms. The smallest absolute Gasteiger partial charge is 0.335 e. The number of esters is 1. The van der Waals surface area contributed by atoms with Crippen molar-refractivity contribution in [2.75, 3.05) is 7.11 Å². The average molecular weight is 693 g/mol. The highest BCUT2D eigenvalue weighted by Gasteiger charge is 2.41. The molecule has 8 nitrogen and oxygen atoms in total. The van der Waals surface area contributed by atoms with Crippen molar-refractivity contribution in [3.63, 3.8) is 0 Å². The molecule has 1 N–H and O–H groups in total. The van der Waals surface area contributed by atoms with Crippen LogP contribution in [0.5, 0.6) is 5.75 Å². The average Bonchev–Trinajstić information content (AvgIpc) is 3.05. The van der Waals surface area contributed by atoms with Gasteiger partial charge in [0.15, 0.2) is 0 Å². The fraction of sp³-hybridized carbons (Fsp3) is 0.182. The lowest BCUT2D eigenvalue weighted by Gasteiger charge is -2.18. The van der Waals surface area contributed by atoms with Gasteiger partial charge in [0.1, 0.15) is 18.4 Å². The van der Waals surface area contributed by atoms with Crippen LogP contribution in [-0.4, -0.2) is 46.2 Å². The van der Waals surface area contributed by atoms with E-state index in [1.54, 1.807) is 18.2 Å². The summed E-state index contributed by atoms with van der Waals surface area (Å²) < 4.78 is 12.2. The van der Waals surface area contributed by atoms with E-state index >= 15 is 0 Å². The minimum atomic E-state index is -1.01. The van der Waals surface area contributed by atoms with Crippen molar-refractivity contribution in [3.8, 4) is 5.75 Å². The lowest BCUT2D eigenvalue weighted by molar-refractivity contribution is -0.148. The molecule has 2 amide bonds. The molecular weight excluding hydrogens is 676 g/mol. The monoisotopic (exact) mass is 693 g/mol. The van der Waals surface area contributed by atoms with Gasteiger partial charge in [0.05, 0.1) is 24.7 Å². The number of hydrogen-bond acceptors (Lipinski definition) is 7. The summed E-state index contributed by atoms with van der Waals surface area (Å²) in [4.78, 5) is 48.8. The van der Waals surface area contributed by atoms with Crippen molar-refractivity contribution in [1.29, 1.82) is 0 Å². The molecule has 1 aliphatic rings. The molecule has 1 atom stereocenters. The Labute approximate surface area is 221 Å². The Morgan fingerprint density at radius 1 is 1.15 bits per heavy atom. The van der Waals surface area contributed by atoms with Gasteiger partial charge in [-0.25, -0.2) is 9.59 Å². The molecule has 0 aliphatic carbocycles.